The summed E-state index contributed by atoms with van der Waals surface area (Å²) in [6.07, 6.45) is 4.45. The summed E-state index contributed by atoms with van der Waals surface area (Å²) in [5.74, 6) is -3.50. The minimum atomic E-state index is -1.42. The number of para-hydroxylation sites is 1. The topological polar surface area (TPSA) is 153 Å². The van der Waals surface area contributed by atoms with Gasteiger partial charge in [-0.1, -0.05) is 48.5 Å². The second-order valence-electron chi connectivity index (χ2n) is 9.80. The van der Waals surface area contributed by atoms with Gasteiger partial charge in [0.05, 0.1) is 39.0 Å². The first-order valence-corrected chi connectivity index (χ1v) is 12.4. The number of anilines is 1. The molecule has 0 saturated carbocycles. The highest BCUT2D eigenvalue weighted by Crippen LogP contribution is 2.52. The number of hydrogen-bond acceptors (Lipinski definition) is 8. The monoisotopic (exact) mass is 536 g/mol. The van der Waals surface area contributed by atoms with Gasteiger partial charge in [0.15, 0.2) is 5.78 Å². The first-order chi connectivity index (χ1) is 19.2. The first-order valence-electron chi connectivity index (χ1n) is 12.4. The van der Waals surface area contributed by atoms with Gasteiger partial charge >= 0.3 is 0 Å². The molecular formula is C29H20N4O7. The van der Waals surface area contributed by atoms with E-state index >= 15 is 0 Å². The Labute approximate surface area is 226 Å². The molecule has 3 aromatic rings. The van der Waals surface area contributed by atoms with Crippen LogP contribution < -0.4 is 10.2 Å². The number of benzene rings is 3. The number of ketones is 1. The predicted octanol–water partition coefficient (Wildman–Crippen LogP) is 3.70. The fraction of sp³-hybridized carbons (Fsp3) is 0.138. The molecule has 2 fully saturated rings. The summed E-state index contributed by atoms with van der Waals surface area (Å²) >= 11 is 0. The van der Waals surface area contributed by atoms with Crippen LogP contribution in [0.1, 0.15) is 11.1 Å². The lowest BCUT2D eigenvalue weighted by Gasteiger charge is -2.37. The maximum Gasteiger partial charge on any atom is 0.270 e. The van der Waals surface area contributed by atoms with Crippen molar-refractivity contribution in [2.24, 2.45) is 11.8 Å². The number of nitrogens with one attached hydrogen (secondary N) is 1. The predicted molar refractivity (Wildman–Crippen MR) is 144 cm³/mol. The summed E-state index contributed by atoms with van der Waals surface area (Å²) in [7, 11) is 0. The molecule has 4 unspecified atom stereocenters. The molecule has 11 nitrogen and oxygen atoms in total. The zero-order chi connectivity index (χ0) is 28.2. The van der Waals surface area contributed by atoms with E-state index in [-0.39, 0.29) is 17.2 Å². The van der Waals surface area contributed by atoms with Crippen molar-refractivity contribution in [2.75, 3.05) is 4.90 Å². The molecule has 0 aromatic heterocycles. The van der Waals surface area contributed by atoms with Gasteiger partial charge in [0.2, 0.25) is 11.8 Å². The second kappa shape index (κ2) is 9.17. The summed E-state index contributed by atoms with van der Waals surface area (Å²) in [6.45, 7) is 0. The van der Waals surface area contributed by atoms with E-state index in [0.717, 1.165) is 4.90 Å². The fourth-order valence-electron chi connectivity index (χ4n) is 5.95. The SMILES string of the molecule is O=C1C=CC2(C(=Cc3cccc([N+](=O)[O-])c3)c3cccc([N+](=O)[O-])c3)NC1C1C(=O)N(c3ccccc3)C(=O)C12. The second-order valence-corrected chi connectivity index (χ2v) is 9.80. The van der Waals surface area contributed by atoms with Crippen molar-refractivity contribution < 1.29 is 24.2 Å². The summed E-state index contributed by atoms with van der Waals surface area (Å²) in [6, 6.07) is 19.0. The van der Waals surface area contributed by atoms with Crippen LogP contribution in [0.4, 0.5) is 17.1 Å². The van der Waals surface area contributed by atoms with Gasteiger partial charge in [-0.05, 0) is 41.0 Å². The van der Waals surface area contributed by atoms with E-state index in [4.69, 9.17) is 0 Å². The van der Waals surface area contributed by atoms with Gasteiger partial charge < -0.3 is 0 Å². The maximum atomic E-state index is 14.1. The molecule has 0 spiro atoms. The molecule has 6 rings (SSSR count). The van der Waals surface area contributed by atoms with E-state index in [0.29, 0.717) is 22.4 Å². The maximum absolute atomic E-state index is 14.1. The van der Waals surface area contributed by atoms with Gasteiger partial charge in [-0.3, -0.25) is 39.9 Å². The van der Waals surface area contributed by atoms with E-state index in [9.17, 15) is 34.6 Å². The Morgan fingerprint density at radius 1 is 0.850 bits per heavy atom. The number of non-ortho nitro benzene ring substituents is 2. The molecule has 2 amide bonds. The Hall–Kier alpha value is -5.29. The number of carbonyl (C=O) groups excluding carboxylic acids is 3. The lowest BCUT2D eigenvalue weighted by atomic mass is 9.73. The van der Waals surface area contributed by atoms with Crippen LogP contribution in [0.15, 0.2) is 91.0 Å². The molecule has 3 aliphatic rings. The Balaban J connectivity index is 1.59. The molecule has 3 heterocycles. The average Bonchev–Trinajstić information content (AvgIpc) is 3.40. The highest BCUT2D eigenvalue weighted by Gasteiger charge is 2.68. The van der Waals surface area contributed by atoms with Crippen LogP contribution in [0.5, 0.6) is 0 Å². The molecular weight excluding hydrogens is 516 g/mol. The number of nitrogens with zero attached hydrogens (tertiary/aromatic N) is 3. The molecule has 198 valence electrons. The number of fused-ring (bicyclic) bond motifs is 5. The summed E-state index contributed by atoms with van der Waals surface area (Å²) in [4.78, 5) is 63.8. The van der Waals surface area contributed by atoms with Gasteiger partial charge in [-0.2, -0.15) is 0 Å². The van der Waals surface area contributed by atoms with E-state index in [2.05, 4.69) is 5.32 Å². The third-order valence-corrected chi connectivity index (χ3v) is 7.63. The normalized spacial score (nSPS) is 25.3. The van der Waals surface area contributed by atoms with Crippen molar-refractivity contribution in [2.45, 2.75) is 11.6 Å². The van der Waals surface area contributed by atoms with Gasteiger partial charge in [-0.15, -0.1) is 0 Å². The number of nitro benzene ring substituents is 2. The Bertz CT molecular complexity index is 1680. The standard InChI is InChI=1S/C29H20N4O7/c34-23-12-13-29(25-24(26(23)30-29)27(35)31(28(25)36)19-8-2-1-3-9-19)22(18-7-5-11-21(16-18)33(39)40)15-17-6-4-10-20(14-17)32(37)38/h1-16,24-26,30H. The van der Waals surface area contributed by atoms with Crippen LogP contribution in [-0.4, -0.2) is 39.0 Å². The van der Waals surface area contributed by atoms with Crippen molar-refractivity contribution >= 4 is 46.3 Å². The smallest absolute Gasteiger partial charge is 0.270 e. The highest BCUT2D eigenvalue weighted by atomic mass is 16.6. The van der Waals surface area contributed by atoms with Crippen LogP contribution in [0.25, 0.3) is 11.6 Å². The van der Waals surface area contributed by atoms with Crippen molar-refractivity contribution in [1.29, 1.82) is 0 Å². The van der Waals surface area contributed by atoms with E-state index in [1.807, 2.05) is 0 Å². The quantitative estimate of drug-likeness (QED) is 0.217. The van der Waals surface area contributed by atoms with E-state index in [1.54, 1.807) is 48.5 Å². The number of carbonyl (C=O) groups is 3. The van der Waals surface area contributed by atoms with Crippen molar-refractivity contribution in [3.63, 3.8) is 0 Å². The molecule has 0 radical (unpaired) electrons. The number of amides is 2. The minimum absolute atomic E-state index is 0.170. The van der Waals surface area contributed by atoms with Crippen LogP contribution in [0, 0.1) is 32.1 Å². The molecule has 3 aliphatic heterocycles. The molecule has 1 N–H and O–H groups in total. The largest absolute Gasteiger partial charge is 0.293 e. The molecule has 11 heteroatoms. The van der Waals surface area contributed by atoms with Crippen LogP contribution in [-0.2, 0) is 14.4 Å². The third-order valence-electron chi connectivity index (χ3n) is 7.63. The molecule has 2 bridgehead atoms. The van der Waals surface area contributed by atoms with Gasteiger partial charge in [0.25, 0.3) is 11.4 Å². The first kappa shape index (κ1) is 25.0. The number of rotatable bonds is 6. The zero-order valence-electron chi connectivity index (χ0n) is 20.7. The van der Waals surface area contributed by atoms with Gasteiger partial charge in [-0.25, -0.2) is 4.90 Å². The van der Waals surface area contributed by atoms with Crippen molar-refractivity contribution in [3.8, 4) is 0 Å². The lowest BCUT2D eigenvalue weighted by molar-refractivity contribution is -0.385. The van der Waals surface area contributed by atoms with Crippen LogP contribution in [0.3, 0.4) is 0 Å². The molecule has 0 aliphatic carbocycles. The Morgan fingerprint density at radius 3 is 2.23 bits per heavy atom. The molecule has 2 saturated heterocycles. The zero-order valence-corrected chi connectivity index (χ0v) is 20.7. The molecule has 40 heavy (non-hydrogen) atoms. The number of nitro groups is 2. The number of hydrogen-bond donors (Lipinski definition) is 1. The third kappa shape index (κ3) is 3.75. The van der Waals surface area contributed by atoms with Gasteiger partial charge in [0.1, 0.15) is 0 Å². The lowest BCUT2D eigenvalue weighted by Crippen LogP contribution is -2.54. The van der Waals surface area contributed by atoms with Crippen LogP contribution >= 0.6 is 0 Å². The van der Waals surface area contributed by atoms with E-state index in [1.165, 1.54) is 48.6 Å². The number of imide groups is 1. The average molecular weight is 537 g/mol. The minimum Gasteiger partial charge on any atom is -0.293 e. The van der Waals surface area contributed by atoms with Gasteiger partial charge in [0, 0.05) is 24.3 Å². The summed E-state index contributed by atoms with van der Waals surface area (Å²) < 4.78 is 0. The Morgan fingerprint density at radius 2 is 1.52 bits per heavy atom. The Kier molecular flexibility index (Phi) is 5.74. The van der Waals surface area contributed by atoms with Crippen LogP contribution in [0.2, 0.25) is 0 Å². The summed E-state index contributed by atoms with van der Waals surface area (Å²) in [5, 5.41) is 26.3. The molecule has 3 aromatic carbocycles. The highest BCUT2D eigenvalue weighted by molar-refractivity contribution is 6.26. The fourth-order valence-corrected chi connectivity index (χ4v) is 5.95. The summed E-state index contributed by atoms with van der Waals surface area (Å²) in [5.41, 5.74) is -0.319. The van der Waals surface area contributed by atoms with Crippen molar-refractivity contribution in [1.82, 2.24) is 5.32 Å². The molecule has 4 atom stereocenters. The van der Waals surface area contributed by atoms with E-state index < -0.39 is 45.1 Å². The van der Waals surface area contributed by atoms with Crippen molar-refractivity contribution in [3.05, 3.63) is 122 Å².